The smallest absolute Gasteiger partial charge is 0.228 e. The molecular weight excluding hydrogens is 535 g/mol. The second-order valence-electron chi connectivity index (χ2n) is 9.15. The number of hydrogen-bond acceptors (Lipinski definition) is 6. The molecule has 6 aromatic rings. The van der Waals surface area contributed by atoms with Crippen LogP contribution in [0.25, 0.3) is 27.8 Å². The number of rotatable bonds is 4. The molecule has 7 rings (SSSR count). The summed E-state index contributed by atoms with van der Waals surface area (Å²) in [5, 5.41) is 7.77. The SMILES string of the molecule is COc1ccc([C@@H]2c3ccc4ccccc4c3Oc3ncn4nc(-c5ccc(Cl)cc5Cl)nc4c32)cc1OC. The lowest BCUT2D eigenvalue weighted by Gasteiger charge is -2.29. The third kappa shape index (κ3) is 3.77. The first-order chi connectivity index (χ1) is 19.1. The minimum absolute atomic E-state index is 0.276. The molecule has 0 aliphatic carbocycles. The first kappa shape index (κ1) is 23.8. The maximum absolute atomic E-state index is 6.51. The van der Waals surface area contributed by atoms with Crippen molar-refractivity contribution in [3.8, 4) is 34.5 Å². The van der Waals surface area contributed by atoms with Crippen molar-refractivity contribution >= 4 is 39.6 Å². The van der Waals surface area contributed by atoms with Crippen LogP contribution >= 0.6 is 23.2 Å². The number of benzene rings is 4. The van der Waals surface area contributed by atoms with Gasteiger partial charge in [-0.2, -0.15) is 0 Å². The van der Waals surface area contributed by atoms with E-state index in [0.29, 0.717) is 44.5 Å². The molecule has 4 aromatic carbocycles. The summed E-state index contributed by atoms with van der Waals surface area (Å²) in [6.45, 7) is 0. The second kappa shape index (κ2) is 9.15. The molecule has 9 heteroatoms. The van der Waals surface area contributed by atoms with E-state index < -0.39 is 0 Å². The van der Waals surface area contributed by atoms with E-state index in [4.69, 9.17) is 47.5 Å². The summed E-state index contributed by atoms with van der Waals surface area (Å²) in [5.74, 6) is 2.68. The lowest BCUT2D eigenvalue weighted by atomic mass is 9.82. The molecule has 0 bridgehead atoms. The minimum Gasteiger partial charge on any atom is -0.493 e. The number of methoxy groups -OCH3 is 2. The molecule has 0 amide bonds. The average molecular weight is 555 g/mol. The largest absolute Gasteiger partial charge is 0.493 e. The van der Waals surface area contributed by atoms with Crippen LogP contribution < -0.4 is 14.2 Å². The minimum atomic E-state index is -0.276. The van der Waals surface area contributed by atoms with E-state index in [1.807, 2.05) is 36.4 Å². The molecule has 3 heterocycles. The maximum atomic E-state index is 6.51. The predicted molar refractivity (Wildman–Crippen MR) is 151 cm³/mol. The van der Waals surface area contributed by atoms with Gasteiger partial charge < -0.3 is 14.2 Å². The molecule has 0 saturated carbocycles. The molecule has 1 atom stereocenters. The molecule has 192 valence electrons. The molecule has 0 fully saturated rings. The third-order valence-electron chi connectivity index (χ3n) is 7.01. The number of halogens is 2. The molecule has 39 heavy (non-hydrogen) atoms. The van der Waals surface area contributed by atoms with Gasteiger partial charge in [-0.25, -0.2) is 14.5 Å². The zero-order valence-corrected chi connectivity index (χ0v) is 22.4. The van der Waals surface area contributed by atoms with Crippen molar-refractivity contribution in [2.24, 2.45) is 0 Å². The zero-order chi connectivity index (χ0) is 26.7. The third-order valence-corrected chi connectivity index (χ3v) is 7.56. The van der Waals surface area contributed by atoms with Gasteiger partial charge in [0.2, 0.25) is 5.88 Å². The fraction of sp³-hybridized carbons (Fsp3) is 0.100. The van der Waals surface area contributed by atoms with Gasteiger partial charge in [0.15, 0.2) is 23.0 Å². The molecule has 0 saturated heterocycles. The van der Waals surface area contributed by atoms with Crippen LogP contribution in [0.15, 0.2) is 79.1 Å². The number of nitrogens with zero attached hydrogens (tertiary/aromatic N) is 4. The van der Waals surface area contributed by atoms with E-state index in [1.54, 1.807) is 37.2 Å². The molecule has 1 aliphatic heterocycles. The summed E-state index contributed by atoms with van der Waals surface area (Å²) in [4.78, 5) is 9.60. The van der Waals surface area contributed by atoms with Crippen LogP contribution in [0, 0.1) is 0 Å². The van der Waals surface area contributed by atoms with Gasteiger partial charge in [0.25, 0.3) is 0 Å². The molecule has 0 N–H and O–H groups in total. The summed E-state index contributed by atoms with van der Waals surface area (Å²) in [6, 6.07) is 23.5. The van der Waals surface area contributed by atoms with Crippen molar-refractivity contribution in [3.05, 3.63) is 106 Å². The van der Waals surface area contributed by atoms with Crippen LogP contribution in [-0.4, -0.2) is 33.8 Å². The van der Waals surface area contributed by atoms with Gasteiger partial charge in [0.05, 0.1) is 24.8 Å². The van der Waals surface area contributed by atoms with Gasteiger partial charge in [-0.15, -0.1) is 5.10 Å². The fourth-order valence-corrected chi connectivity index (χ4v) is 5.70. The van der Waals surface area contributed by atoms with E-state index in [0.717, 1.165) is 33.2 Å². The topological polar surface area (TPSA) is 70.8 Å². The molecule has 0 unspecified atom stereocenters. The highest BCUT2D eigenvalue weighted by Crippen LogP contribution is 2.51. The Hall–Kier alpha value is -4.33. The van der Waals surface area contributed by atoms with Crippen molar-refractivity contribution in [3.63, 3.8) is 0 Å². The van der Waals surface area contributed by atoms with Gasteiger partial charge in [0.1, 0.15) is 12.1 Å². The lowest BCUT2D eigenvalue weighted by Crippen LogP contribution is -2.15. The average Bonchev–Trinajstić information content (AvgIpc) is 3.40. The quantitative estimate of drug-likeness (QED) is 0.223. The van der Waals surface area contributed by atoms with Crippen LogP contribution in [-0.2, 0) is 0 Å². The molecule has 0 spiro atoms. The summed E-state index contributed by atoms with van der Waals surface area (Å²) in [7, 11) is 3.25. The molecular formula is C30H20Cl2N4O3. The second-order valence-corrected chi connectivity index (χ2v) is 9.99. The van der Waals surface area contributed by atoms with E-state index in [2.05, 4.69) is 29.2 Å². The monoisotopic (exact) mass is 554 g/mol. The molecule has 7 nitrogen and oxygen atoms in total. The normalized spacial score (nSPS) is 14.1. The van der Waals surface area contributed by atoms with Gasteiger partial charge in [-0.1, -0.05) is 65.7 Å². The standard InChI is InChI=1S/C30H20Cl2N4O3/c1-37-23-12-8-17(13-24(23)38-2)25-21-10-7-16-5-3-4-6-19(16)27(21)39-30-26(25)29-34-28(35-36(29)15-33-30)20-11-9-18(31)14-22(20)32/h3-15,25H,1-2H3/t25-/m1/s1. The maximum Gasteiger partial charge on any atom is 0.228 e. The Bertz CT molecular complexity index is 1920. The Morgan fingerprint density at radius 2 is 1.74 bits per heavy atom. The number of ether oxygens (including phenoxy) is 3. The first-order valence-electron chi connectivity index (χ1n) is 12.2. The van der Waals surface area contributed by atoms with Crippen molar-refractivity contribution in [1.82, 2.24) is 19.6 Å². The Labute approximate surface area is 233 Å². The molecule has 2 aromatic heterocycles. The van der Waals surface area contributed by atoms with Gasteiger partial charge in [0, 0.05) is 27.5 Å². The number of hydrogen-bond donors (Lipinski definition) is 0. The highest BCUT2D eigenvalue weighted by Gasteiger charge is 2.35. The Balaban J connectivity index is 1.51. The van der Waals surface area contributed by atoms with Crippen molar-refractivity contribution in [1.29, 1.82) is 0 Å². The van der Waals surface area contributed by atoms with Crippen molar-refractivity contribution < 1.29 is 14.2 Å². The van der Waals surface area contributed by atoms with Crippen LogP contribution in [0.5, 0.6) is 23.1 Å². The van der Waals surface area contributed by atoms with Gasteiger partial charge in [-0.3, -0.25) is 0 Å². The molecule has 0 radical (unpaired) electrons. The first-order valence-corrected chi connectivity index (χ1v) is 12.9. The van der Waals surface area contributed by atoms with E-state index >= 15 is 0 Å². The Morgan fingerprint density at radius 3 is 2.56 bits per heavy atom. The van der Waals surface area contributed by atoms with Crippen molar-refractivity contribution in [2.45, 2.75) is 5.92 Å². The van der Waals surface area contributed by atoms with Gasteiger partial charge in [-0.05, 0) is 41.3 Å². The number of fused-ring (bicyclic) bond motifs is 6. The van der Waals surface area contributed by atoms with E-state index in [9.17, 15) is 0 Å². The van der Waals surface area contributed by atoms with Crippen LogP contribution in [0.4, 0.5) is 0 Å². The van der Waals surface area contributed by atoms with Gasteiger partial charge >= 0.3 is 0 Å². The predicted octanol–water partition coefficient (Wildman–Crippen LogP) is 7.55. The lowest BCUT2D eigenvalue weighted by molar-refractivity contribution is 0.354. The molecule has 1 aliphatic rings. The van der Waals surface area contributed by atoms with Crippen LogP contribution in [0.3, 0.4) is 0 Å². The highest BCUT2D eigenvalue weighted by atomic mass is 35.5. The van der Waals surface area contributed by atoms with E-state index in [-0.39, 0.29) is 5.92 Å². The zero-order valence-electron chi connectivity index (χ0n) is 20.9. The highest BCUT2D eigenvalue weighted by molar-refractivity contribution is 6.36. The van der Waals surface area contributed by atoms with Crippen LogP contribution in [0.1, 0.15) is 22.6 Å². The van der Waals surface area contributed by atoms with Crippen molar-refractivity contribution in [2.75, 3.05) is 14.2 Å². The van der Waals surface area contributed by atoms with E-state index in [1.165, 1.54) is 0 Å². The van der Waals surface area contributed by atoms with Crippen LogP contribution in [0.2, 0.25) is 10.0 Å². The summed E-state index contributed by atoms with van der Waals surface area (Å²) in [5.41, 5.74) is 4.02. The summed E-state index contributed by atoms with van der Waals surface area (Å²) >= 11 is 12.6. The Morgan fingerprint density at radius 1 is 0.897 bits per heavy atom. The summed E-state index contributed by atoms with van der Waals surface area (Å²) < 4.78 is 19.3. The summed E-state index contributed by atoms with van der Waals surface area (Å²) in [6.07, 6.45) is 1.61. The number of aromatic nitrogens is 4. The fourth-order valence-electron chi connectivity index (χ4n) is 5.21. The Kier molecular flexibility index (Phi) is 5.58.